The number of aryl methyl sites for hydroxylation is 2. The van der Waals surface area contributed by atoms with E-state index in [2.05, 4.69) is 43.0 Å². The molecule has 45 heavy (non-hydrogen) atoms. The molecule has 10 nitrogen and oxygen atoms in total. The minimum absolute atomic E-state index is 0.291. The molecular formula is C32H33AgBrFN2O8-. The summed E-state index contributed by atoms with van der Waals surface area (Å²) in [6.07, 6.45) is 7.05. The second-order valence-corrected chi connectivity index (χ2v) is 10.9. The first-order chi connectivity index (χ1) is 22.1. The summed E-state index contributed by atoms with van der Waals surface area (Å²) in [5.74, 6) is -2.31. The van der Waals surface area contributed by atoms with E-state index < -0.39 is 30.7 Å². The fraction of sp³-hybridized carbons (Fsp3) is 0.344. The number of rotatable bonds is 4. The van der Waals surface area contributed by atoms with Crippen LogP contribution in [0.4, 0.5) is 4.39 Å². The first kappa shape index (κ1) is 35.9. The van der Waals surface area contributed by atoms with E-state index in [0.29, 0.717) is 21.9 Å². The molecule has 0 radical (unpaired) electrons. The number of benzene rings is 2. The molecule has 2 unspecified atom stereocenters. The van der Waals surface area contributed by atoms with Crippen molar-refractivity contribution in [2.75, 3.05) is 21.4 Å². The number of nitrogens with zero attached hydrogens (tertiary/aromatic N) is 2. The van der Waals surface area contributed by atoms with Crippen LogP contribution in [0.15, 0.2) is 48.8 Å². The van der Waals surface area contributed by atoms with E-state index in [4.69, 9.17) is 9.42 Å². The van der Waals surface area contributed by atoms with E-state index in [1.165, 1.54) is 33.0 Å². The Balaban J connectivity index is 0.000000262. The molecular weight excluding hydrogens is 747 g/mol. The molecule has 0 spiro atoms. The number of methoxy groups -OCH3 is 2. The van der Waals surface area contributed by atoms with Crippen molar-refractivity contribution in [1.82, 2.24) is 9.13 Å². The predicted molar refractivity (Wildman–Crippen MR) is 165 cm³/mol. The molecule has 0 aliphatic carbocycles. The molecule has 0 saturated heterocycles. The van der Waals surface area contributed by atoms with Crippen LogP contribution >= 0.6 is 15.9 Å². The normalized spacial score (nSPS) is 15.6. The molecule has 4 heterocycles. The van der Waals surface area contributed by atoms with Crippen LogP contribution < -0.4 is 0 Å². The van der Waals surface area contributed by atoms with Gasteiger partial charge in [-0.3, -0.25) is 20.3 Å². The Bertz CT molecular complexity index is 1600. The van der Waals surface area contributed by atoms with E-state index in [0.717, 1.165) is 53.3 Å². The molecule has 4 aromatic rings. The third kappa shape index (κ3) is 7.99. The van der Waals surface area contributed by atoms with Gasteiger partial charge in [0.2, 0.25) is 0 Å². The number of halogens is 2. The second kappa shape index (κ2) is 17.8. The van der Waals surface area contributed by atoms with E-state index in [1.54, 1.807) is 33.4 Å². The average molecular weight is 781 g/mol. The molecule has 245 valence electrons. The summed E-state index contributed by atoms with van der Waals surface area (Å²) in [7, 11) is 1.45. The van der Waals surface area contributed by atoms with Gasteiger partial charge in [0.1, 0.15) is 0 Å². The van der Waals surface area contributed by atoms with Crippen LogP contribution in [0.3, 0.4) is 0 Å². The monoisotopic (exact) mass is 779 g/mol. The molecule has 2 aliphatic rings. The number of hydrogen-bond donors (Lipinski definition) is 0. The minimum atomic E-state index is -1.00. The van der Waals surface area contributed by atoms with Crippen molar-refractivity contribution >= 4 is 67.5 Å². The van der Waals surface area contributed by atoms with E-state index in [1.807, 2.05) is 34.9 Å². The molecule has 0 N–H and O–H groups in total. The predicted octanol–water partition coefficient (Wildman–Crippen LogP) is 5.92. The number of alkyl halides is 2. The van der Waals surface area contributed by atoms with Crippen LogP contribution in [-0.4, -0.2) is 60.3 Å². The molecule has 2 atom stereocenters. The third-order valence-electron chi connectivity index (χ3n) is 7.38. The van der Waals surface area contributed by atoms with Crippen molar-refractivity contribution in [3.8, 4) is 0 Å². The van der Waals surface area contributed by atoms with Gasteiger partial charge in [0.25, 0.3) is 11.6 Å². The van der Waals surface area contributed by atoms with Crippen LogP contribution in [0.2, 0.25) is 0 Å². The van der Waals surface area contributed by atoms with Crippen LogP contribution in [0.1, 0.15) is 70.6 Å². The Kier molecular flexibility index (Phi) is 14.2. The first-order valence-corrected chi connectivity index (χ1v) is 15.0. The number of ketones is 2. The Morgan fingerprint density at radius 1 is 0.889 bits per heavy atom. The van der Waals surface area contributed by atoms with Crippen molar-refractivity contribution in [3.05, 3.63) is 71.0 Å². The number of carbonyl (C=O) groups excluding carboxylic acids is 5. The van der Waals surface area contributed by atoms with Gasteiger partial charge >= 0.3 is 36.2 Å². The number of carbonyl (C=O) groups is 4. The molecule has 0 saturated carbocycles. The van der Waals surface area contributed by atoms with Gasteiger partial charge in [0, 0.05) is 41.1 Å². The summed E-state index contributed by atoms with van der Waals surface area (Å²) in [6.45, 7) is 5.22. The van der Waals surface area contributed by atoms with E-state index >= 15 is 0 Å². The Morgan fingerprint density at radius 2 is 1.29 bits per heavy atom. The maximum atomic E-state index is 12.0. The van der Waals surface area contributed by atoms with Crippen LogP contribution in [0.5, 0.6) is 0 Å². The topological polar surface area (TPSA) is 131 Å². The number of Topliss-reactive ketones (excluding diaryl/α,β-unsaturated/α-hetero) is 2. The summed E-state index contributed by atoms with van der Waals surface area (Å²) in [5.41, 5.74) is 5.37. The average Bonchev–Trinajstić information content (AvgIpc) is 3.65. The molecule has 0 amide bonds. The summed E-state index contributed by atoms with van der Waals surface area (Å²) >= 11 is 5.35. The third-order valence-corrected chi connectivity index (χ3v) is 8.34. The van der Waals surface area contributed by atoms with Crippen LogP contribution in [0.25, 0.3) is 21.8 Å². The van der Waals surface area contributed by atoms with Crippen molar-refractivity contribution in [1.29, 1.82) is 0 Å². The van der Waals surface area contributed by atoms with Crippen molar-refractivity contribution < 1.29 is 63.5 Å². The van der Waals surface area contributed by atoms with E-state index in [9.17, 15) is 23.6 Å². The molecule has 0 fully saturated rings. The van der Waals surface area contributed by atoms with Gasteiger partial charge in [-0.25, -0.2) is 9.59 Å². The number of esters is 2. The summed E-state index contributed by atoms with van der Waals surface area (Å²) in [4.78, 5) is 55.9. The van der Waals surface area contributed by atoms with Gasteiger partial charge in [0.05, 0.1) is 44.9 Å². The van der Waals surface area contributed by atoms with E-state index in [-0.39, 0.29) is 0 Å². The molecule has 2 aromatic heterocycles. The number of para-hydroxylation sites is 2. The number of ether oxygens (including phenoxy) is 2. The van der Waals surface area contributed by atoms with Gasteiger partial charge in [-0.2, -0.15) is 6.92 Å². The standard InChI is InChI=1S/C15H15NO3.C14H12BrNO3.C2H3O.CH3F.Ag.O/c1-9-6-7-16-8-12(14(17)15(18)19-2)11-5-3-4-10(9)13(11)16;1-19-14(18)13(17)10-7-16-6-5-11(15)9-4-2-3-8(10)12(9)16;1-2-3;1-2;;/h3-5,8-9H,6-7H2,1-2H3;2-4,7,11H,5-6H2,1H3;1H3;1H3;;/q;;-1;;;/i;;;1D;;. The summed E-state index contributed by atoms with van der Waals surface area (Å²) < 4.78 is 36.7. The van der Waals surface area contributed by atoms with Crippen LogP contribution in [-0.2, 0) is 61.2 Å². The van der Waals surface area contributed by atoms with Gasteiger partial charge in [-0.1, -0.05) is 59.3 Å². The maximum absolute atomic E-state index is 12.0. The van der Waals surface area contributed by atoms with Crippen molar-refractivity contribution in [3.63, 3.8) is 0 Å². The Morgan fingerprint density at radius 3 is 1.73 bits per heavy atom. The molecule has 2 aromatic carbocycles. The first-order valence-electron chi connectivity index (χ1n) is 14.2. The summed E-state index contributed by atoms with van der Waals surface area (Å²) in [5, 5.41) is 1.66. The van der Waals surface area contributed by atoms with Gasteiger partial charge in [-0.15, -0.1) is 0 Å². The van der Waals surface area contributed by atoms with Gasteiger partial charge in [-0.05, 0) is 29.9 Å². The number of aromatic nitrogens is 2. The zero-order chi connectivity index (χ0) is 34.6. The quantitative estimate of drug-likeness (QED) is 0.0624. The zero-order valence-electron chi connectivity index (χ0n) is 26.0. The summed E-state index contributed by atoms with van der Waals surface area (Å²) in [6, 6.07) is 11.8. The molecule has 2 aliphatic heterocycles. The second-order valence-electron chi connectivity index (χ2n) is 9.75. The van der Waals surface area contributed by atoms with Gasteiger partial charge in [0.15, 0.2) is 0 Å². The fourth-order valence-corrected chi connectivity index (χ4v) is 6.02. The number of hydrogen-bond acceptors (Lipinski definition) is 8. The Hall–Kier alpha value is -3.58. The molecule has 6 rings (SSSR count). The van der Waals surface area contributed by atoms with Crippen molar-refractivity contribution in [2.24, 2.45) is 0 Å². The fourth-order valence-electron chi connectivity index (χ4n) is 5.44. The van der Waals surface area contributed by atoms with Crippen molar-refractivity contribution in [2.45, 2.75) is 50.5 Å². The SMILES string of the molecule is COC(=O)C(=O)c1cn2c3c(cccc13)C(Br)CC2.COC(=O)C(=O)c1cn2c3c(cccc13)C(C)CC2.C[C-]=O.[2H]CF.[O]=[Ag]. The Labute approximate surface area is 282 Å². The van der Waals surface area contributed by atoms with Crippen LogP contribution in [0, 0.1) is 0 Å². The molecule has 13 heteroatoms. The molecule has 0 bridgehead atoms. The van der Waals surface area contributed by atoms with Gasteiger partial charge < -0.3 is 23.4 Å². The zero-order valence-corrected chi connectivity index (χ0v) is 28.1.